The summed E-state index contributed by atoms with van der Waals surface area (Å²) >= 11 is 0. The normalized spacial score (nSPS) is 12.1. The first-order valence-corrected chi connectivity index (χ1v) is 6.06. The monoisotopic (exact) mass is 259 g/mol. The van der Waals surface area contributed by atoms with Gasteiger partial charge in [0.25, 0.3) is 5.91 Å². The van der Waals surface area contributed by atoms with Crippen LogP contribution in [-0.4, -0.2) is 15.9 Å². The molecule has 1 atom stereocenters. The molecule has 0 spiro atoms. The molecular weight excluding hydrogens is 242 g/mol. The summed E-state index contributed by atoms with van der Waals surface area (Å²) in [6, 6.07) is 4.65. The molecular formula is C13H17N5O. The smallest absolute Gasteiger partial charge is 0.252 e. The molecule has 6 nitrogen and oxygen atoms in total. The fraction of sp³-hybridized carbons (Fsp3) is 0.231. The van der Waals surface area contributed by atoms with Gasteiger partial charge in [0, 0.05) is 29.3 Å². The Bertz CT molecular complexity index is 544. The number of nitrogens with zero attached hydrogens (tertiary/aromatic N) is 1. The lowest BCUT2D eigenvalue weighted by atomic mass is 10.1. The Hall–Kier alpha value is -2.50. The number of anilines is 2. The van der Waals surface area contributed by atoms with Crippen LogP contribution in [0.3, 0.4) is 0 Å². The summed E-state index contributed by atoms with van der Waals surface area (Å²) in [5.74, 6) is 0.509. The molecule has 19 heavy (non-hydrogen) atoms. The van der Waals surface area contributed by atoms with Crippen molar-refractivity contribution >= 4 is 17.3 Å². The molecule has 0 fully saturated rings. The number of imidazole rings is 1. The second kappa shape index (κ2) is 5.43. The molecule has 0 saturated carbocycles. The Morgan fingerprint density at radius 2 is 2.05 bits per heavy atom. The highest BCUT2D eigenvalue weighted by Crippen LogP contribution is 2.16. The number of benzene rings is 1. The summed E-state index contributed by atoms with van der Waals surface area (Å²) in [5, 5.41) is 2.90. The van der Waals surface area contributed by atoms with Crippen molar-refractivity contribution in [1.29, 1.82) is 0 Å². The van der Waals surface area contributed by atoms with Crippen LogP contribution in [0, 0.1) is 0 Å². The number of hydrogen-bond donors (Lipinski definition) is 4. The van der Waals surface area contributed by atoms with E-state index in [0.29, 0.717) is 16.9 Å². The van der Waals surface area contributed by atoms with Crippen molar-refractivity contribution in [3.05, 3.63) is 42.0 Å². The molecule has 2 aromatic rings. The third-order valence-corrected chi connectivity index (χ3v) is 2.80. The fourth-order valence-electron chi connectivity index (χ4n) is 1.88. The van der Waals surface area contributed by atoms with Gasteiger partial charge in [0.1, 0.15) is 5.82 Å². The van der Waals surface area contributed by atoms with Crippen molar-refractivity contribution in [1.82, 2.24) is 15.3 Å². The molecule has 0 saturated heterocycles. The summed E-state index contributed by atoms with van der Waals surface area (Å²) in [6.07, 6.45) is 4.11. The number of rotatable bonds is 4. The molecule has 1 aromatic heterocycles. The SMILES string of the molecule is CCC(NC(=O)c1cc(N)cc(N)c1)c1ncc[nH]1. The lowest BCUT2D eigenvalue weighted by Crippen LogP contribution is -2.29. The Balaban J connectivity index is 2.15. The maximum Gasteiger partial charge on any atom is 0.252 e. The molecule has 1 heterocycles. The van der Waals surface area contributed by atoms with Crippen LogP contribution in [0.2, 0.25) is 0 Å². The highest BCUT2D eigenvalue weighted by atomic mass is 16.1. The van der Waals surface area contributed by atoms with E-state index in [2.05, 4.69) is 15.3 Å². The Labute approximate surface area is 111 Å². The number of amides is 1. The zero-order valence-electron chi connectivity index (χ0n) is 10.7. The molecule has 6 heteroatoms. The average Bonchev–Trinajstić information content (AvgIpc) is 2.88. The van der Waals surface area contributed by atoms with Crippen LogP contribution < -0.4 is 16.8 Å². The van der Waals surface area contributed by atoms with Crippen LogP contribution in [0.1, 0.15) is 35.6 Å². The lowest BCUT2D eigenvalue weighted by molar-refractivity contribution is 0.0934. The molecule has 6 N–H and O–H groups in total. The van der Waals surface area contributed by atoms with Crippen LogP contribution >= 0.6 is 0 Å². The zero-order chi connectivity index (χ0) is 13.8. The fourth-order valence-corrected chi connectivity index (χ4v) is 1.88. The topological polar surface area (TPSA) is 110 Å². The maximum absolute atomic E-state index is 12.1. The largest absolute Gasteiger partial charge is 0.399 e. The summed E-state index contributed by atoms with van der Waals surface area (Å²) in [7, 11) is 0. The second-order valence-corrected chi connectivity index (χ2v) is 4.30. The first kappa shape index (κ1) is 12.9. The van der Waals surface area contributed by atoms with Gasteiger partial charge >= 0.3 is 0 Å². The molecule has 0 aliphatic carbocycles. The van der Waals surface area contributed by atoms with E-state index in [9.17, 15) is 4.79 Å². The average molecular weight is 259 g/mol. The molecule has 100 valence electrons. The van der Waals surface area contributed by atoms with E-state index in [1.807, 2.05) is 6.92 Å². The number of aromatic nitrogens is 2. The van der Waals surface area contributed by atoms with Crippen molar-refractivity contribution in [2.24, 2.45) is 0 Å². The van der Waals surface area contributed by atoms with E-state index >= 15 is 0 Å². The number of carbonyl (C=O) groups excluding carboxylic acids is 1. The van der Waals surface area contributed by atoms with Gasteiger partial charge in [-0.05, 0) is 24.6 Å². The van der Waals surface area contributed by atoms with E-state index in [4.69, 9.17) is 11.5 Å². The zero-order valence-corrected chi connectivity index (χ0v) is 10.7. The van der Waals surface area contributed by atoms with Gasteiger partial charge in [-0.1, -0.05) is 6.92 Å². The minimum absolute atomic E-state index is 0.162. The molecule has 1 aromatic carbocycles. The van der Waals surface area contributed by atoms with E-state index in [1.54, 1.807) is 30.6 Å². The number of H-pyrrole nitrogens is 1. The Kier molecular flexibility index (Phi) is 3.70. The molecule has 0 aliphatic heterocycles. The predicted octanol–water partition coefficient (Wildman–Crippen LogP) is 1.46. The molecule has 1 unspecified atom stereocenters. The van der Waals surface area contributed by atoms with Crippen molar-refractivity contribution in [2.45, 2.75) is 19.4 Å². The number of nitrogens with one attached hydrogen (secondary N) is 2. The highest BCUT2D eigenvalue weighted by molar-refractivity contribution is 5.96. The van der Waals surface area contributed by atoms with Gasteiger partial charge in [0.2, 0.25) is 0 Å². The third-order valence-electron chi connectivity index (χ3n) is 2.80. The standard InChI is InChI=1S/C13H17N5O/c1-2-11(12-16-3-4-17-12)18-13(19)8-5-9(14)7-10(15)6-8/h3-7,11H,2,14-15H2,1H3,(H,16,17)(H,18,19). The van der Waals surface area contributed by atoms with Gasteiger partial charge < -0.3 is 21.8 Å². The number of aromatic amines is 1. The van der Waals surface area contributed by atoms with Crippen molar-refractivity contribution in [2.75, 3.05) is 11.5 Å². The maximum atomic E-state index is 12.1. The van der Waals surface area contributed by atoms with Crippen LogP contribution in [0.25, 0.3) is 0 Å². The summed E-state index contributed by atoms with van der Waals surface area (Å²) in [6.45, 7) is 1.97. The van der Waals surface area contributed by atoms with Gasteiger partial charge in [-0.15, -0.1) is 0 Å². The minimum atomic E-state index is -0.220. The number of carbonyl (C=O) groups is 1. The third kappa shape index (κ3) is 3.04. The van der Waals surface area contributed by atoms with Gasteiger partial charge in [-0.3, -0.25) is 4.79 Å². The van der Waals surface area contributed by atoms with Crippen molar-refractivity contribution < 1.29 is 4.79 Å². The molecule has 0 radical (unpaired) electrons. The summed E-state index contributed by atoms with van der Waals surface area (Å²) < 4.78 is 0. The van der Waals surface area contributed by atoms with Gasteiger partial charge in [-0.25, -0.2) is 4.98 Å². The molecule has 0 aliphatic rings. The van der Waals surface area contributed by atoms with Crippen molar-refractivity contribution in [3.63, 3.8) is 0 Å². The number of nitrogens with two attached hydrogens (primary N) is 2. The van der Waals surface area contributed by atoms with Crippen LogP contribution in [0.15, 0.2) is 30.6 Å². The predicted molar refractivity (Wildman–Crippen MR) is 74.4 cm³/mol. The number of nitrogen functional groups attached to an aromatic ring is 2. The number of hydrogen-bond acceptors (Lipinski definition) is 4. The minimum Gasteiger partial charge on any atom is -0.399 e. The van der Waals surface area contributed by atoms with Crippen LogP contribution in [0.5, 0.6) is 0 Å². The Morgan fingerprint density at radius 3 is 2.58 bits per heavy atom. The highest BCUT2D eigenvalue weighted by Gasteiger charge is 2.16. The molecule has 0 bridgehead atoms. The molecule has 2 rings (SSSR count). The summed E-state index contributed by atoms with van der Waals surface area (Å²) in [5.41, 5.74) is 12.7. The van der Waals surface area contributed by atoms with E-state index in [0.717, 1.165) is 12.2 Å². The Morgan fingerprint density at radius 1 is 1.37 bits per heavy atom. The van der Waals surface area contributed by atoms with Gasteiger partial charge in [0.05, 0.1) is 6.04 Å². The van der Waals surface area contributed by atoms with Crippen LogP contribution in [0.4, 0.5) is 11.4 Å². The molecule has 1 amide bonds. The van der Waals surface area contributed by atoms with Gasteiger partial charge in [-0.2, -0.15) is 0 Å². The van der Waals surface area contributed by atoms with Gasteiger partial charge in [0.15, 0.2) is 0 Å². The van der Waals surface area contributed by atoms with E-state index in [1.165, 1.54) is 0 Å². The second-order valence-electron chi connectivity index (χ2n) is 4.30. The van der Waals surface area contributed by atoms with E-state index in [-0.39, 0.29) is 11.9 Å². The van der Waals surface area contributed by atoms with Crippen LogP contribution in [-0.2, 0) is 0 Å². The quantitative estimate of drug-likeness (QED) is 0.623. The lowest BCUT2D eigenvalue weighted by Gasteiger charge is -2.15. The first-order chi connectivity index (χ1) is 9.10. The van der Waals surface area contributed by atoms with E-state index < -0.39 is 0 Å². The van der Waals surface area contributed by atoms with Crippen molar-refractivity contribution in [3.8, 4) is 0 Å². The first-order valence-electron chi connectivity index (χ1n) is 6.06. The summed E-state index contributed by atoms with van der Waals surface area (Å²) in [4.78, 5) is 19.3.